The van der Waals surface area contributed by atoms with Gasteiger partial charge in [0.25, 0.3) is 0 Å². The average molecular weight is 496 g/mol. The lowest BCUT2D eigenvalue weighted by Gasteiger charge is -2.12. The predicted octanol–water partition coefficient (Wildman–Crippen LogP) is 3.77. The van der Waals surface area contributed by atoms with E-state index in [-0.39, 0.29) is 30.5 Å². The van der Waals surface area contributed by atoms with Crippen LogP contribution in [-0.4, -0.2) is 35.7 Å². The minimum absolute atomic E-state index is 0. The highest BCUT2D eigenvalue weighted by Gasteiger charge is 2.10. The topological polar surface area (TPSA) is 85.6 Å². The lowest BCUT2D eigenvalue weighted by molar-refractivity contribution is 0.158. The molecule has 152 valence electrons. The van der Waals surface area contributed by atoms with Crippen molar-refractivity contribution in [1.29, 1.82) is 0 Å². The fourth-order valence-corrected chi connectivity index (χ4v) is 3.18. The fourth-order valence-electron chi connectivity index (χ4n) is 3.18. The van der Waals surface area contributed by atoms with Crippen LogP contribution in [0.15, 0.2) is 52.2 Å². The van der Waals surface area contributed by atoms with Crippen LogP contribution < -0.4 is 10.6 Å². The number of benzene rings is 1. The maximum atomic E-state index is 10.1. The van der Waals surface area contributed by atoms with Gasteiger partial charge < -0.3 is 25.1 Å². The number of aliphatic imine (C=N–C) groups is 1. The molecule has 28 heavy (non-hydrogen) atoms. The van der Waals surface area contributed by atoms with Crippen molar-refractivity contribution in [1.82, 2.24) is 15.6 Å². The summed E-state index contributed by atoms with van der Waals surface area (Å²) >= 11 is 0. The van der Waals surface area contributed by atoms with Gasteiger partial charge in [-0.2, -0.15) is 0 Å². The number of para-hydroxylation sites is 1. The zero-order chi connectivity index (χ0) is 19.1. The second-order valence-electron chi connectivity index (χ2n) is 6.43. The third kappa shape index (κ3) is 5.51. The van der Waals surface area contributed by atoms with Gasteiger partial charge in [-0.05, 0) is 43.0 Å². The molecule has 0 bridgehead atoms. The number of nitrogens with one attached hydrogen (secondary N) is 3. The van der Waals surface area contributed by atoms with Crippen molar-refractivity contribution in [2.45, 2.75) is 32.8 Å². The molecule has 0 aliphatic heterocycles. The van der Waals surface area contributed by atoms with Gasteiger partial charge in [-0.3, -0.25) is 4.99 Å². The van der Waals surface area contributed by atoms with Gasteiger partial charge in [-0.25, -0.2) is 0 Å². The van der Waals surface area contributed by atoms with Crippen LogP contribution in [-0.2, 0) is 12.8 Å². The minimum Gasteiger partial charge on any atom is -0.467 e. The first kappa shape index (κ1) is 22.3. The van der Waals surface area contributed by atoms with E-state index in [4.69, 9.17) is 4.42 Å². The number of furan rings is 1. The Kier molecular flexibility index (Phi) is 8.85. The zero-order valence-electron chi connectivity index (χ0n) is 16.4. The predicted molar refractivity (Wildman–Crippen MR) is 124 cm³/mol. The molecule has 0 spiro atoms. The Balaban J connectivity index is 0.00000280. The number of hydrogen-bond acceptors (Lipinski definition) is 3. The number of H-pyrrole nitrogens is 1. The number of aromatic nitrogens is 1. The third-order valence-electron chi connectivity index (χ3n) is 4.59. The largest absolute Gasteiger partial charge is 0.467 e. The van der Waals surface area contributed by atoms with Crippen molar-refractivity contribution in [3.8, 4) is 0 Å². The summed E-state index contributed by atoms with van der Waals surface area (Å²) in [4.78, 5) is 7.86. The number of nitrogens with zero attached hydrogens (tertiary/aromatic N) is 1. The van der Waals surface area contributed by atoms with Crippen molar-refractivity contribution >= 4 is 40.8 Å². The molecular formula is C21H29IN4O2. The summed E-state index contributed by atoms with van der Waals surface area (Å²) in [6, 6.07) is 9.97. The highest BCUT2D eigenvalue weighted by molar-refractivity contribution is 14.0. The fraction of sp³-hybridized carbons (Fsp3) is 0.381. The van der Waals surface area contributed by atoms with Gasteiger partial charge in [0.2, 0.25) is 0 Å². The quantitative estimate of drug-likeness (QED) is 0.217. The normalized spacial score (nSPS) is 12.6. The third-order valence-corrected chi connectivity index (χ3v) is 4.59. The van der Waals surface area contributed by atoms with Gasteiger partial charge in [0.1, 0.15) is 11.9 Å². The van der Waals surface area contributed by atoms with Gasteiger partial charge in [0.15, 0.2) is 5.96 Å². The molecule has 3 rings (SSSR count). The van der Waals surface area contributed by atoms with Crippen molar-refractivity contribution < 1.29 is 9.52 Å². The summed E-state index contributed by atoms with van der Waals surface area (Å²) in [5, 5.41) is 17.9. The first-order chi connectivity index (χ1) is 13.2. The molecule has 0 aliphatic carbocycles. The van der Waals surface area contributed by atoms with E-state index >= 15 is 0 Å². The summed E-state index contributed by atoms with van der Waals surface area (Å²) in [6.45, 7) is 5.96. The van der Waals surface area contributed by atoms with Gasteiger partial charge in [0, 0.05) is 30.2 Å². The van der Waals surface area contributed by atoms with Crippen LogP contribution >= 0.6 is 24.0 Å². The summed E-state index contributed by atoms with van der Waals surface area (Å²) in [7, 11) is 0. The lowest BCUT2D eigenvalue weighted by atomic mass is 10.1. The molecule has 0 amide bonds. The summed E-state index contributed by atoms with van der Waals surface area (Å²) in [5.74, 6) is 1.22. The monoisotopic (exact) mass is 496 g/mol. The number of rotatable bonds is 8. The Morgan fingerprint density at radius 1 is 1.18 bits per heavy atom. The lowest BCUT2D eigenvalue weighted by Crippen LogP contribution is -2.38. The number of hydrogen-bond donors (Lipinski definition) is 4. The number of aliphatic hydroxyl groups excluding tert-OH is 1. The van der Waals surface area contributed by atoms with E-state index in [1.165, 1.54) is 22.0 Å². The second-order valence-corrected chi connectivity index (χ2v) is 6.43. The van der Waals surface area contributed by atoms with E-state index in [9.17, 15) is 5.11 Å². The second kappa shape index (κ2) is 11.1. The van der Waals surface area contributed by atoms with Gasteiger partial charge in [-0.1, -0.05) is 25.1 Å². The Morgan fingerprint density at radius 3 is 2.75 bits per heavy atom. The van der Waals surface area contributed by atoms with Gasteiger partial charge >= 0.3 is 0 Å². The first-order valence-electron chi connectivity index (χ1n) is 9.54. The summed E-state index contributed by atoms with van der Waals surface area (Å²) in [5.41, 5.74) is 3.87. The van der Waals surface area contributed by atoms with Crippen LogP contribution in [0.2, 0.25) is 0 Å². The molecule has 4 N–H and O–H groups in total. The van der Waals surface area contributed by atoms with E-state index in [0.29, 0.717) is 11.7 Å². The molecule has 0 saturated heterocycles. The van der Waals surface area contributed by atoms with Gasteiger partial charge in [-0.15, -0.1) is 24.0 Å². The van der Waals surface area contributed by atoms with Crippen LogP contribution in [0, 0.1) is 0 Å². The minimum atomic E-state index is -0.739. The maximum absolute atomic E-state index is 10.1. The Bertz CT molecular complexity index is 874. The molecule has 1 aromatic carbocycles. The molecule has 1 atom stereocenters. The molecule has 3 aromatic rings. The standard InChI is InChI=1S/C21H28N4O2.HI/c1-3-15-7-5-8-17-16(13-24-20(15)17)10-11-23-21(22-4-2)25-14-18(26)19-9-6-12-27-19;/h5-9,12-13,18,24,26H,3-4,10-11,14H2,1-2H3,(H2,22,23,25);1H. The van der Waals surface area contributed by atoms with Crippen molar-refractivity contribution in [3.05, 3.63) is 59.7 Å². The van der Waals surface area contributed by atoms with Crippen LogP contribution in [0.4, 0.5) is 0 Å². The molecule has 7 heteroatoms. The Morgan fingerprint density at radius 2 is 2.04 bits per heavy atom. The molecule has 1 unspecified atom stereocenters. The van der Waals surface area contributed by atoms with Crippen molar-refractivity contribution in [2.75, 3.05) is 19.6 Å². The maximum Gasteiger partial charge on any atom is 0.191 e. The smallest absolute Gasteiger partial charge is 0.191 e. The number of fused-ring (bicyclic) bond motifs is 1. The summed E-state index contributed by atoms with van der Waals surface area (Å²) < 4.78 is 5.21. The van der Waals surface area contributed by atoms with Crippen LogP contribution in [0.3, 0.4) is 0 Å². The molecule has 0 aliphatic rings. The molecule has 2 heterocycles. The summed E-state index contributed by atoms with van der Waals surface area (Å²) in [6.07, 6.45) is 4.81. The van der Waals surface area contributed by atoms with E-state index in [1.807, 2.05) is 6.92 Å². The molecule has 2 aromatic heterocycles. The number of guanidine groups is 1. The SMILES string of the molecule is CCNC(=NCC(O)c1ccco1)NCCc1c[nH]c2c(CC)cccc12.I. The highest BCUT2D eigenvalue weighted by atomic mass is 127. The number of aryl methyl sites for hydroxylation is 1. The zero-order valence-corrected chi connectivity index (χ0v) is 18.7. The van der Waals surface area contributed by atoms with Gasteiger partial charge in [0.05, 0.1) is 12.8 Å². The Labute approximate surface area is 182 Å². The number of aromatic amines is 1. The average Bonchev–Trinajstić information content (AvgIpc) is 3.36. The van der Waals surface area contributed by atoms with E-state index in [0.717, 1.165) is 25.9 Å². The van der Waals surface area contributed by atoms with Crippen LogP contribution in [0.25, 0.3) is 10.9 Å². The van der Waals surface area contributed by atoms with Crippen molar-refractivity contribution in [3.63, 3.8) is 0 Å². The van der Waals surface area contributed by atoms with E-state index in [1.54, 1.807) is 18.4 Å². The molecule has 0 saturated carbocycles. The first-order valence-corrected chi connectivity index (χ1v) is 9.54. The van der Waals surface area contributed by atoms with Crippen LogP contribution in [0.1, 0.15) is 36.8 Å². The molecule has 0 fully saturated rings. The van der Waals surface area contributed by atoms with E-state index in [2.05, 4.69) is 51.9 Å². The number of aliphatic hydroxyl groups is 1. The molecule has 6 nitrogen and oxygen atoms in total. The van der Waals surface area contributed by atoms with Crippen LogP contribution in [0.5, 0.6) is 0 Å². The highest BCUT2D eigenvalue weighted by Crippen LogP contribution is 2.22. The molecular weight excluding hydrogens is 467 g/mol. The van der Waals surface area contributed by atoms with E-state index < -0.39 is 6.10 Å². The van der Waals surface area contributed by atoms with Crippen molar-refractivity contribution in [2.24, 2.45) is 4.99 Å². The Hall–Kier alpha value is -2.00. The number of halogens is 1. The molecule has 0 radical (unpaired) electrons.